The second-order valence-electron chi connectivity index (χ2n) is 7.92. The first kappa shape index (κ1) is 17.5. The molecule has 0 aromatic carbocycles. The Bertz CT molecular complexity index is 537. The number of aromatic nitrogens is 2. The van der Waals surface area contributed by atoms with Gasteiger partial charge in [0.1, 0.15) is 5.69 Å². The average molecular weight is 332 g/mol. The van der Waals surface area contributed by atoms with Crippen molar-refractivity contribution < 1.29 is 4.79 Å². The highest BCUT2D eigenvalue weighted by molar-refractivity contribution is 5.92. The summed E-state index contributed by atoms with van der Waals surface area (Å²) in [6.45, 7) is 7.70. The number of carbonyl (C=O) groups is 1. The van der Waals surface area contributed by atoms with Gasteiger partial charge < -0.3 is 10.2 Å². The van der Waals surface area contributed by atoms with Gasteiger partial charge in [-0.2, -0.15) is 5.10 Å². The van der Waals surface area contributed by atoms with Crippen LogP contribution in [0.4, 0.5) is 0 Å². The molecule has 0 unspecified atom stereocenters. The van der Waals surface area contributed by atoms with E-state index in [9.17, 15) is 4.79 Å². The maximum atomic E-state index is 12.4. The molecule has 0 saturated carbocycles. The van der Waals surface area contributed by atoms with Crippen molar-refractivity contribution in [2.24, 2.45) is 11.8 Å². The number of H-pyrrole nitrogens is 1. The SMILES string of the molecule is CC(C)CCc1cc(C(=O)NC[C@@H]2CCCN3CCCC[C@H]23)n[nH]1. The molecule has 24 heavy (non-hydrogen) atoms. The van der Waals surface area contributed by atoms with Crippen molar-refractivity contribution in [3.05, 3.63) is 17.5 Å². The maximum absolute atomic E-state index is 12.4. The minimum Gasteiger partial charge on any atom is -0.350 e. The summed E-state index contributed by atoms with van der Waals surface area (Å²) in [7, 11) is 0. The molecule has 2 N–H and O–H groups in total. The van der Waals surface area contributed by atoms with Gasteiger partial charge in [0.25, 0.3) is 5.91 Å². The van der Waals surface area contributed by atoms with Crippen LogP contribution in [0.3, 0.4) is 0 Å². The number of nitrogens with one attached hydrogen (secondary N) is 2. The lowest BCUT2D eigenvalue weighted by Gasteiger charge is -2.44. The first-order chi connectivity index (χ1) is 11.6. The molecular weight excluding hydrogens is 300 g/mol. The van der Waals surface area contributed by atoms with Gasteiger partial charge in [0, 0.05) is 18.3 Å². The Hall–Kier alpha value is -1.36. The topological polar surface area (TPSA) is 61.0 Å². The Labute approximate surface area is 145 Å². The van der Waals surface area contributed by atoms with Crippen LogP contribution in [0.15, 0.2) is 6.07 Å². The van der Waals surface area contributed by atoms with Crippen LogP contribution in [-0.2, 0) is 6.42 Å². The first-order valence-electron chi connectivity index (χ1n) is 9.70. The van der Waals surface area contributed by atoms with Crippen LogP contribution in [0.5, 0.6) is 0 Å². The molecule has 0 bridgehead atoms. The number of aryl methyl sites for hydroxylation is 1. The third-order valence-electron chi connectivity index (χ3n) is 5.61. The maximum Gasteiger partial charge on any atom is 0.271 e. The van der Waals surface area contributed by atoms with Crippen molar-refractivity contribution in [1.29, 1.82) is 0 Å². The molecule has 0 radical (unpaired) electrons. The van der Waals surface area contributed by atoms with Crippen molar-refractivity contribution in [2.45, 2.75) is 64.8 Å². The smallest absolute Gasteiger partial charge is 0.271 e. The van der Waals surface area contributed by atoms with E-state index in [1.165, 1.54) is 45.2 Å². The summed E-state index contributed by atoms with van der Waals surface area (Å²) >= 11 is 0. The van der Waals surface area contributed by atoms with E-state index in [0.717, 1.165) is 25.1 Å². The van der Waals surface area contributed by atoms with Crippen molar-refractivity contribution in [1.82, 2.24) is 20.4 Å². The average Bonchev–Trinajstić information content (AvgIpc) is 3.07. The van der Waals surface area contributed by atoms with Crippen LogP contribution in [-0.4, -0.2) is 46.7 Å². The molecule has 5 heteroatoms. The summed E-state index contributed by atoms with van der Waals surface area (Å²) in [5.41, 5.74) is 1.59. The molecule has 1 amide bonds. The molecule has 1 aromatic rings. The Morgan fingerprint density at radius 3 is 3.00 bits per heavy atom. The standard InChI is InChI=1S/C19H32N4O/c1-14(2)8-9-16-12-17(22-21-16)19(24)20-13-15-6-5-11-23-10-4-3-7-18(15)23/h12,14-15,18H,3-11,13H2,1-2H3,(H,20,24)(H,21,22)/t15-,18+/m0/s1. The van der Waals surface area contributed by atoms with Gasteiger partial charge in [0.2, 0.25) is 0 Å². The molecule has 2 aliphatic heterocycles. The fourth-order valence-electron chi connectivity index (χ4n) is 4.18. The van der Waals surface area contributed by atoms with E-state index in [0.29, 0.717) is 23.6 Å². The Balaban J connectivity index is 1.49. The number of aromatic amines is 1. The lowest BCUT2D eigenvalue weighted by Crippen LogP contribution is -2.51. The summed E-state index contributed by atoms with van der Waals surface area (Å²) in [5, 5.41) is 10.3. The highest BCUT2D eigenvalue weighted by Gasteiger charge is 2.33. The molecule has 2 saturated heterocycles. The number of amides is 1. The molecule has 3 rings (SSSR count). The number of hydrogen-bond acceptors (Lipinski definition) is 3. The van der Waals surface area contributed by atoms with Gasteiger partial charge in [-0.25, -0.2) is 0 Å². The molecule has 5 nitrogen and oxygen atoms in total. The van der Waals surface area contributed by atoms with Gasteiger partial charge in [-0.1, -0.05) is 20.3 Å². The van der Waals surface area contributed by atoms with Crippen molar-refractivity contribution in [3.8, 4) is 0 Å². The van der Waals surface area contributed by atoms with Crippen LogP contribution in [0, 0.1) is 11.8 Å². The summed E-state index contributed by atoms with van der Waals surface area (Å²) in [6, 6.07) is 2.58. The van der Waals surface area contributed by atoms with Crippen LogP contribution < -0.4 is 5.32 Å². The van der Waals surface area contributed by atoms with Crippen molar-refractivity contribution in [2.75, 3.05) is 19.6 Å². The molecule has 1 aromatic heterocycles. The third kappa shape index (κ3) is 4.38. The van der Waals surface area contributed by atoms with Crippen LogP contribution in [0.25, 0.3) is 0 Å². The largest absolute Gasteiger partial charge is 0.350 e. The fraction of sp³-hybridized carbons (Fsp3) is 0.789. The second-order valence-corrected chi connectivity index (χ2v) is 7.92. The molecule has 0 spiro atoms. The summed E-state index contributed by atoms with van der Waals surface area (Å²) in [6.07, 6.45) is 8.54. The van der Waals surface area contributed by atoms with E-state index in [4.69, 9.17) is 0 Å². The summed E-state index contributed by atoms with van der Waals surface area (Å²) in [4.78, 5) is 15.0. The highest BCUT2D eigenvalue weighted by Crippen LogP contribution is 2.30. The second kappa shape index (κ2) is 8.15. The molecule has 134 valence electrons. The van der Waals surface area contributed by atoms with Gasteiger partial charge in [-0.05, 0) is 69.5 Å². The number of hydrogen-bond donors (Lipinski definition) is 2. The Kier molecular flexibility index (Phi) is 5.93. The molecule has 2 aliphatic rings. The van der Waals surface area contributed by atoms with Crippen LogP contribution >= 0.6 is 0 Å². The molecular formula is C19H32N4O. The number of nitrogens with zero attached hydrogens (tertiary/aromatic N) is 2. The molecule has 3 heterocycles. The van der Waals surface area contributed by atoms with Gasteiger partial charge in [0.05, 0.1) is 0 Å². The number of piperidine rings is 2. The summed E-state index contributed by atoms with van der Waals surface area (Å²) in [5.74, 6) is 1.23. The zero-order chi connectivity index (χ0) is 16.9. The van der Waals surface area contributed by atoms with Crippen molar-refractivity contribution >= 4 is 5.91 Å². The Morgan fingerprint density at radius 1 is 1.33 bits per heavy atom. The highest BCUT2D eigenvalue weighted by atomic mass is 16.1. The lowest BCUT2D eigenvalue weighted by molar-refractivity contribution is 0.0575. The van der Waals surface area contributed by atoms with Crippen LogP contribution in [0.2, 0.25) is 0 Å². The van der Waals surface area contributed by atoms with Gasteiger partial charge >= 0.3 is 0 Å². The van der Waals surface area contributed by atoms with E-state index in [2.05, 4.69) is 34.3 Å². The number of carbonyl (C=O) groups excluding carboxylic acids is 1. The predicted octanol–water partition coefficient (Wildman–Crippen LogP) is 2.99. The van der Waals surface area contributed by atoms with Gasteiger partial charge in [-0.15, -0.1) is 0 Å². The fourth-order valence-corrected chi connectivity index (χ4v) is 4.18. The van der Waals surface area contributed by atoms with E-state index in [1.54, 1.807) is 0 Å². The van der Waals surface area contributed by atoms with E-state index in [1.807, 2.05) is 6.07 Å². The van der Waals surface area contributed by atoms with Gasteiger partial charge in [-0.3, -0.25) is 9.89 Å². The van der Waals surface area contributed by atoms with E-state index < -0.39 is 0 Å². The van der Waals surface area contributed by atoms with E-state index >= 15 is 0 Å². The summed E-state index contributed by atoms with van der Waals surface area (Å²) < 4.78 is 0. The zero-order valence-electron chi connectivity index (χ0n) is 15.2. The number of rotatable bonds is 6. The number of fused-ring (bicyclic) bond motifs is 1. The predicted molar refractivity (Wildman–Crippen MR) is 96.0 cm³/mol. The van der Waals surface area contributed by atoms with Crippen molar-refractivity contribution in [3.63, 3.8) is 0 Å². The normalized spacial score (nSPS) is 24.8. The van der Waals surface area contributed by atoms with Crippen LogP contribution in [0.1, 0.15) is 68.6 Å². The van der Waals surface area contributed by atoms with E-state index in [-0.39, 0.29) is 5.91 Å². The monoisotopic (exact) mass is 332 g/mol. The molecule has 2 fully saturated rings. The minimum atomic E-state index is -0.0324. The Morgan fingerprint density at radius 2 is 2.17 bits per heavy atom. The molecule has 2 atom stereocenters. The van der Waals surface area contributed by atoms with Gasteiger partial charge in [0.15, 0.2) is 0 Å². The quantitative estimate of drug-likeness (QED) is 0.842. The third-order valence-corrected chi connectivity index (χ3v) is 5.61. The lowest BCUT2D eigenvalue weighted by atomic mass is 9.83. The minimum absolute atomic E-state index is 0.0324. The zero-order valence-corrected chi connectivity index (χ0v) is 15.2. The first-order valence-corrected chi connectivity index (χ1v) is 9.70. The molecule has 0 aliphatic carbocycles.